The average Bonchev–Trinajstić information content (AvgIpc) is 2.77. The maximum atomic E-state index is 9.09. The van der Waals surface area contributed by atoms with Gasteiger partial charge in [0.1, 0.15) is 0 Å². The Hall–Kier alpha value is -1.60. The highest BCUT2D eigenvalue weighted by Gasteiger charge is 2.27. The smallest absolute Gasteiger partial charge is 0.178 e. The van der Waals surface area contributed by atoms with Crippen molar-refractivity contribution < 1.29 is 0 Å². The first-order valence-corrected chi connectivity index (χ1v) is 7.65. The fourth-order valence-electron chi connectivity index (χ4n) is 3.31. The fraction of sp³-hybridized carbons (Fsp3) is 0.500. The highest BCUT2D eigenvalue weighted by molar-refractivity contribution is 7.71. The molecule has 0 amide bonds. The van der Waals surface area contributed by atoms with Crippen molar-refractivity contribution in [1.29, 1.82) is 5.26 Å². The predicted molar refractivity (Wildman–Crippen MR) is 83.1 cm³/mol. The zero-order chi connectivity index (χ0) is 14.3. The standard InChI is InChI=1S/C16H19N3S/c1-10-3-5-13(7-11(10)2)19-15-8-12(9-17)4-6-14(15)18-16(19)20/h4,6,8,10-11,13H,3,5,7H2,1-2H3,(H,18,20). The van der Waals surface area contributed by atoms with E-state index >= 15 is 0 Å². The fourth-order valence-corrected chi connectivity index (χ4v) is 3.66. The first-order valence-electron chi connectivity index (χ1n) is 7.24. The Bertz CT molecular complexity index is 734. The van der Waals surface area contributed by atoms with E-state index in [0.717, 1.165) is 27.6 Å². The third-order valence-electron chi connectivity index (χ3n) is 4.78. The number of rotatable bonds is 1. The Morgan fingerprint density at radius 1 is 1.30 bits per heavy atom. The number of nitriles is 1. The van der Waals surface area contributed by atoms with Crippen molar-refractivity contribution in [3.8, 4) is 6.07 Å². The van der Waals surface area contributed by atoms with Gasteiger partial charge in [-0.2, -0.15) is 5.26 Å². The number of benzene rings is 1. The van der Waals surface area contributed by atoms with E-state index in [-0.39, 0.29) is 0 Å². The van der Waals surface area contributed by atoms with Gasteiger partial charge in [0, 0.05) is 6.04 Å². The van der Waals surface area contributed by atoms with Crippen LogP contribution in [0.1, 0.15) is 44.7 Å². The number of hydrogen-bond acceptors (Lipinski definition) is 2. The Labute approximate surface area is 124 Å². The van der Waals surface area contributed by atoms with Gasteiger partial charge < -0.3 is 9.55 Å². The van der Waals surface area contributed by atoms with Gasteiger partial charge in [0.05, 0.1) is 22.7 Å². The van der Waals surface area contributed by atoms with Crippen molar-refractivity contribution in [2.45, 2.75) is 39.2 Å². The van der Waals surface area contributed by atoms with Gasteiger partial charge in [-0.05, 0) is 61.5 Å². The van der Waals surface area contributed by atoms with Crippen LogP contribution in [0.3, 0.4) is 0 Å². The summed E-state index contributed by atoms with van der Waals surface area (Å²) < 4.78 is 3.01. The Morgan fingerprint density at radius 3 is 2.80 bits per heavy atom. The molecule has 20 heavy (non-hydrogen) atoms. The molecule has 0 bridgehead atoms. The lowest BCUT2D eigenvalue weighted by molar-refractivity contribution is 0.212. The number of nitrogens with zero attached hydrogens (tertiary/aromatic N) is 2. The molecule has 104 valence electrons. The van der Waals surface area contributed by atoms with E-state index in [4.69, 9.17) is 17.5 Å². The van der Waals surface area contributed by atoms with Crippen molar-refractivity contribution in [3.05, 3.63) is 28.5 Å². The largest absolute Gasteiger partial charge is 0.331 e. The summed E-state index contributed by atoms with van der Waals surface area (Å²) in [5.74, 6) is 1.51. The van der Waals surface area contributed by atoms with Crippen molar-refractivity contribution in [3.63, 3.8) is 0 Å². The van der Waals surface area contributed by atoms with Crippen molar-refractivity contribution in [2.75, 3.05) is 0 Å². The summed E-state index contributed by atoms with van der Waals surface area (Å²) in [7, 11) is 0. The molecule has 1 aliphatic carbocycles. The third-order valence-corrected chi connectivity index (χ3v) is 5.08. The van der Waals surface area contributed by atoms with Crippen LogP contribution in [-0.4, -0.2) is 9.55 Å². The lowest BCUT2D eigenvalue weighted by atomic mass is 9.79. The number of hydrogen-bond donors (Lipinski definition) is 1. The third kappa shape index (κ3) is 2.16. The minimum atomic E-state index is 0.455. The molecule has 0 aliphatic heterocycles. The van der Waals surface area contributed by atoms with Gasteiger partial charge in [-0.1, -0.05) is 13.8 Å². The van der Waals surface area contributed by atoms with Crippen LogP contribution in [-0.2, 0) is 0 Å². The van der Waals surface area contributed by atoms with Gasteiger partial charge in [-0.15, -0.1) is 0 Å². The molecule has 4 heteroatoms. The number of aromatic amines is 1. The second-order valence-corrected chi connectivity index (χ2v) is 6.45. The van der Waals surface area contributed by atoms with Gasteiger partial charge in [-0.25, -0.2) is 0 Å². The molecular formula is C16H19N3S. The second-order valence-electron chi connectivity index (χ2n) is 6.07. The topological polar surface area (TPSA) is 44.5 Å². The lowest BCUT2D eigenvalue weighted by Crippen LogP contribution is -2.23. The zero-order valence-electron chi connectivity index (χ0n) is 11.9. The molecule has 3 rings (SSSR count). The van der Waals surface area contributed by atoms with Gasteiger partial charge in [0.25, 0.3) is 0 Å². The lowest BCUT2D eigenvalue weighted by Gasteiger charge is -2.33. The van der Waals surface area contributed by atoms with Crippen LogP contribution < -0.4 is 0 Å². The summed E-state index contributed by atoms with van der Waals surface area (Å²) >= 11 is 5.51. The maximum absolute atomic E-state index is 9.09. The van der Waals surface area contributed by atoms with E-state index in [1.54, 1.807) is 0 Å². The Kier molecular flexibility index (Phi) is 3.39. The van der Waals surface area contributed by atoms with Gasteiger partial charge in [-0.3, -0.25) is 0 Å². The molecule has 1 aliphatic rings. The Morgan fingerprint density at radius 2 is 2.10 bits per heavy atom. The van der Waals surface area contributed by atoms with E-state index in [9.17, 15) is 0 Å². The van der Waals surface area contributed by atoms with E-state index in [1.807, 2.05) is 18.2 Å². The van der Waals surface area contributed by atoms with Crippen LogP contribution in [0.2, 0.25) is 0 Å². The monoisotopic (exact) mass is 285 g/mol. The minimum absolute atomic E-state index is 0.455. The normalized spacial score (nSPS) is 26.6. The molecule has 1 saturated carbocycles. The van der Waals surface area contributed by atoms with Crippen LogP contribution in [0, 0.1) is 27.9 Å². The number of aromatic nitrogens is 2. The van der Waals surface area contributed by atoms with Gasteiger partial charge in [0.2, 0.25) is 0 Å². The average molecular weight is 285 g/mol. The van der Waals surface area contributed by atoms with Crippen molar-refractivity contribution in [2.24, 2.45) is 11.8 Å². The summed E-state index contributed by atoms with van der Waals surface area (Å²) in [6.07, 6.45) is 3.58. The van der Waals surface area contributed by atoms with Crippen LogP contribution >= 0.6 is 12.2 Å². The number of imidazole rings is 1. The molecule has 1 fully saturated rings. The summed E-state index contributed by atoms with van der Waals surface area (Å²) in [6.45, 7) is 4.67. The molecule has 2 aromatic rings. The van der Waals surface area contributed by atoms with Gasteiger partial charge >= 0.3 is 0 Å². The van der Waals surface area contributed by atoms with Crippen molar-refractivity contribution >= 4 is 23.3 Å². The van der Waals surface area contributed by atoms with Crippen LogP contribution in [0.15, 0.2) is 18.2 Å². The SMILES string of the molecule is CC1CCC(n2c(=S)[nH]c3ccc(C#N)cc32)CC1C. The molecule has 3 atom stereocenters. The van der Waals surface area contributed by atoms with E-state index in [0.29, 0.717) is 11.6 Å². The van der Waals surface area contributed by atoms with Gasteiger partial charge in [0.15, 0.2) is 4.77 Å². The first kappa shape index (κ1) is 13.4. The molecular weight excluding hydrogens is 266 g/mol. The molecule has 1 N–H and O–H groups in total. The quantitative estimate of drug-likeness (QED) is 0.780. The summed E-state index contributed by atoms with van der Waals surface area (Å²) in [6, 6.07) is 8.41. The van der Waals surface area contributed by atoms with E-state index in [1.165, 1.54) is 19.3 Å². The minimum Gasteiger partial charge on any atom is -0.331 e. The number of fused-ring (bicyclic) bond motifs is 1. The second kappa shape index (κ2) is 5.06. The molecule has 0 spiro atoms. The predicted octanol–water partition coefficient (Wildman–Crippen LogP) is 4.57. The molecule has 1 aromatic heterocycles. The van der Waals surface area contributed by atoms with Crippen LogP contribution in [0.4, 0.5) is 0 Å². The highest BCUT2D eigenvalue weighted by Crippen LogP contribution is 2.37. The summed E-state index contributed by atoms with van der Waals surface area (Å²) in [5, 5.41) is 9.09. The van der Waals surface area contributed by atoms with Crippen LogP contribution in [0.25, 0.3) is 11.0 Å². The van der Waals surface area contributed by atoms with E-state index < -0.39 is 0 Å². The summed E-state index contributed by atoms with van der Waals surface area (Å²) in [4.78, 5) is 3.27. The van der Waals surface area contributed by atoms with Crippen molar-refractivity contribution in [1.82, 2.24) is 9.55 Å². The Balaban J connectivity index is 2.09. The summed E-state index contributed by atoms with van der Waals surface area (Å²) in [5.41, 5.74) is 2.79. The molecule has 0 radical (unpaired) electrons. The number of nitrogens with one attached hydrogen (secondary N) is 1. The van der Waals surface area contributed by atoms with Crippen LogP contribution in [0.5, 0.6) is 0 Å². The molecule has 3 nitrogen and oxygen atoms in total. The maximum Gasteiger partial charge on any atom is 0.178 e. The molecule has 1 aromatic carbocycles. The van der Waals surface area contributed by atoms with E-state index in [2.05, 4.69) is 29.5 Å². The highest BCUT2D eigenvalue weighted by atomic mass is 32.1. The zero-order valence-corrected chi connectivity index (χ0v) is 12.7. The molecule has 0 saturated heterocycles. The number of H-pyrrole nitrogens is 1. The molecule has 1 heterocycles. The first-order chi connectivity index (χ1) is 9.60. The molecule has 3 unspecified atom stereocenters.